The summed E-state index contributed by atoms with van der Waals surface area (Å²) in [5.74, 6) is -1.59. The van der Waals surface area contributed by atoms with Crippen molar-refractivity contribution in [3.8, 4) is 0 Å². The maximum Gasteiger partial charge on any atom is 0.345 e. The van der Waals surface area contributed by atoms with Gasteiger partial charge in [-0.2, -0.15) is 0 Å². The van der Waals surface area contributed by atoms with E-state index < -0.39 is 41.2 Å². The zero-order valence-corrected chi connectivity index (χ0v) is 14.8. The zero-order chi connectivity index (χ0) is 20.0. The molecule has 2 rings (SSSR count). The van der Waals surface area contributed by atoms with Gasteiger partial charge in [0, 0.05) is 6.07 Å². The first-order valence-electron chi connectivity index (χ1n) is 8.27. The second kappa shape index (κ2) is 8.79. The van der Waals surface area contributed by atoms with E-state index in [1.807, 2.05) is 0 Å². The van der Waals surface area contributed by atoms with Crippen molar-refractivity contribution in [1.82, 2.24) is 10.6 Å². The number of amides is 2. The van der Waals surface area contributed by atoms with Crippen molar-refractivity contribution in [2.45, 2.75) is 26.3 Å². The van der Waals surface area contributed by atoms with Gasteiger partial charge in [0.2, 0.25) is 0 Å². The summed E-state index contributed by atoms with van der Waals surface area (Å²) in [6.45, 7) is 3.11. The fourth-order valence-electron chi connectivity index (χ4n) is 2.60. The number of nitrogens with one attached hydrogen (secondary N) is 2. The minimum absolute atomic E-state index is 0.0796. The highest BCUT2D eigenvalue weighted by Crippen LogP contribution is 2.21. The van der Waals surface area contributed by atoms with Crippen LogP contribution in [0.25, 0.3) is 0 Å². The quantitative estimate of drug-likeness (QED) is 0.419. The van der Waals surface area contributed by atoms with E-state index in [0.717, 1.165) is 0 Å². The average Bonchev–Trinajstić information content (AvgIpc) is 2.65. The minimum Gasteiger partial charge on any atom is -0.463 e. The van der Waals surface area contributed by atoms with Gasteiger partial charge in [-0.1, -0.05) is 19.1 Å². The Morgan fingerprint density at radius 3 is 2.52 bits per heavy atom. The summed E-state index contributed by atoms with van der Waals surface area (Å²) in [6.07, 6.45) is 0.420. The lowest BCUT2D eigenvalue weighted by molar-refractivity contribution is -0.385. The van der Waals surface area contributed by atoms with E-state index in [1.165, 1.54) is 24.3 Å². The van der Waals surface area contributed by atoms with E-state index in [4.69, 9.17) is 9.47 Å². The van der Waals surface area contributed by atoms with Gasteiger partial charge in [-0.05, 0) is 19.4 Å². The number of rotatable bonds is 7. The molecule has 0 aliphatic carbocycles. The Kier molecular flexibility index (Phi) is 6.47. The third kappa shape index (κ3) is 4.60. The maximum atomic E-state index is 12.3. The molecule has 0 saturated heterocycles. The van der Waals surface area contributed by atoms with Gasteiger partial charge in [-0.15, -0.1) is 0 Å². The SMILES string of the molecule is CCOC(=O)C1=C(COC(=O)c2ccccc2[N+](=O)[O-])NC(=O)N[C@@H]1CC. The minimum atomic E-state index is -0.946. The van der Waals surface area contributed by atoms with Gasteiger partial charge >= 0.3 is 18.0 Å². The number of urea groups is 1. The third-order valence-electron chi connectivity index (χ3n) is 3.82. The van der Waals surface area contributed by atoms with Gasteiger partial charge in [0.15, 0.2) is 0 Å². The van der Waals surface area contributed by atoms with Crippen LogP contribution >= 0.6 is 0 Å². The van der Waals surface area contributed by atoms with Crippen molar-refractivity contribution < 1.29 is 28.8 Å². The van der Waals surface area contributed by atoms with Gasteiger partial charge < -0.3 is 20.1 Å². The number of benzene rings is 1. The Balaban J connectivity index is 2.27. The number of hydrogen-bond acceptors (Lipinski definition) is 7. The molecule has 1 atom stereocenters. The number of nitrogens with zero attached hydrogens (tertiary/aromatic N) is 1. The van der Waals surface area contributed by atoms with Crippen LogP contribution in [-0.2, 0) is 14.3 Å². The molecule has 0 spiro atoms. The first-order chi connectivity index (χ1) is 12.9. The highest BCUT2D eigenvalue weighted by molar-refractivity contribution is 5.96. The van der Waals surface area contributed by atoms with Crippen LogP contribution in [0.15, 0.2) is 35.5 Å². The van der Waals surface area contributed by atoms with Crippen LogP contribution in [0.2, 0.25) is 0 Å². The van der Waals surface area contributed by atoms with Crippen LogP contribution in [0.3, 0.4) is 0 Å². The highest BCUT2D eigenvalue weighted by Gasteiger charge is 2.32. The second-order valence-corrected chi connectivity index (χ2v) is 5.52. The van der Waals surface area contributed by atoms with Crippen molar-refractivity contribution in [1.29, 1.82) is 0 Å². The van der Waals surface area contributed by atoms with Gasteiger partial charge in [0.05, 0.1) is 28.8 Å². The molecule has 27 heavy (non-hydrogen) atoms. The number of nitro groups is 1. The number of ether oxygens (including phenoxy) is 2. The molecule has 1 aliphatic rings. The first-order valence-corrected chi connectivity index (χ1v) is 8.27. The lowest BCUT2D eigenvalue weighted by Crippen LogP contribution is -2.51. The van der Waals surface area contributed by atoms with Crippen LogP contribution in [0.1, 0.15) is 30.6 Å². The number of carbonyl (C=O) groups is 3. The topological polar surface area (TPSA) is 137 Å². The Bertz CT molecular complexity index is 803. The van der Waals surface area contributed by atoms with E-state index in [0.29, 0.717) is 6.42 Å². The molecule has 1 aromatic carbocycles. The first kappa shape index (κ1) is 19.9. The molecule has 0 saturated carbocycles. The molecule has 10 heteroatoms. The number of carbonyl (C=O) groups excluding carboxylic acids is 3. The van der Waals surface area contributed by atoms with E-state index >= 15 is 0 Å². The van der Waals surface area contributed by atoms with Gasteiger partial charge in [-0.25, -0.2) is 14.4 Å². The fourth-order valence-corrected chi connectivity index (χ4v) is 2.60. The molecule has 2 amide bonds. The molecule has 0 aromatic heterocycles. The van der Waals surface area contributed by atoms with Crippen LogP contribution in [0.4, 0.5) is 10.5 Å². The Morgan fingerprint density at radius 1 is 1.19 bits per heavy atom. The smallest absolute Gasteiger partial charge is 0.345 e. The molecule has 0 unspecified atom stereocenters. The van der Waals surface area contributed by atoms with Crippen LogP contribution in [0, 0.1) is 10.1 Å². The molecule has 1 heterocycles. The summed E-state index contributed by atoms with van der Waals surface area (Å²) in [5, 5.41) is 16.1. The summed E-state index contributed by atoms with van der Waals surface area (Å²) in [7, 11) is 0. The Labute approximate surface area is 154 Å². The Hall–Kier alpha value is -3.43. The van der Waals surface area contributed by atoms with E-state index in [9.17, 15) is 24.5 Å². The molecule has 2 N–H and O–H groups in total. The second-order valence-electron chi connectivity index (χ2n) is 5.52. The number of hydrogen-bond donors (Lipinski definition) is 2. The summed E-state index contributed by atoms with van der Waals surface area (Å²) in [5.41, 5.74) is -0.402. The molecular formula is C17H19N3O7. The zero-order valence-electron chi connectivity index (χ0n) is 14.8. The standard InChI is InChI=1S/C17H19N3O7/c1-3-11-14(16(22)26-4-2)12(19-17(23)18-11)9-27-15(21)10-7-5-6-8-13(10)20(24)25/h5-8,11H,3-4,9H2,1-2H3,(H2,18,19,23)/t11-/m1/s1. The van der Waals surface area contributed by atoms with Gasteiger partial charge in [-0.3, -0.25) is 10.1 Å². The predicted molar refractivity (Wildman–Crippen MR) is 92.8 cm³/mol. The molecule has 0 fully saturated rings. The van der Waals surface area contributed by atoms with Crippen molar-refractivity contribution >= 4 is 23.7 Å². The van der Waals surface area contributed by atoms with Crippen molar-refractivity contribution in [3.63, 3.8) is 0 Å². The van der Waals surface area contributed by atoms with Gasteiger partial charge in [0.1, 0.15) is 12.2 Å². The van der Waals surface area contributed by atoms with E-state index in [2.05, 4.69) is 10.6 Å². The molecule has 1 aromatic rings. The summed E-state index contributed by atoms with van der Waals surface area (Å²) in [6, 6.07) is 4.18. The number of esters is 2. The summed E-state index contributed by atoms with van der Waals surface area (Å²) < 4.78 is 10.1. The molecule has 1 aliphatic heterocycles. The predicted octanol–water partition coefficient (Wildman–Crippen LogP) is 1.66. The molecule has 10 nitrogen and oxygen atoms in total. The molecular weight excluding hydrogens is 358 g/mol. The maximum absolute atomic E-state index is 12.3. The van der Waals surface area contributed by atoms with Crippen LogP contribution < -0.4 is 10.6 Å². The third-order valence-corrected chi connectivity index (χ3v) is 3.82. The van der Waals surface area contributed by atoms with Crippen LogP contribution in [0.5, 0.6) is 0 Å². The number of nitro benzene ring substituents is 1. The lowest BCUT2D eigenvalue weighted by Gasteiger charge is -2.28. The number of para-hydroxylation sites is 1. The Morgan fingerprint density at radius 2 is 1.89 bits per heavy atom. The van der Waals surface area contributed by atoms with Crippen LogP contribution in [-0.4, -0.2) is 42.1 Å². The monoisotopic (exact) mass is 377 g/mol. The van der Waals surface area contributed by atoms with Crippen molar-refractivity contribution in [2.24, 2.45) is 0 Å². The fraction of sp³-hybridized carbons (Fsp3) is 0.353. The molecule has 0 radical (unpaired) electrons. The summed E-state index contributed by atoms with van der Waals surface area (Å²) in [4.78, 5) is 46.6. The van der Waals surface area contributed by atoms with Gasteiger partial charge in [0.25, 0.3) is 5.69 Å². The molecule has 144 valence electrons. The summed E-state index contributed by atoms with van der Waals surface area (Å²) >= 11 is 0. The largest absolute Gasteiger partial charge is 0.463 e. The van der Waals surface area contributed by atoms with E-state index in [1.54, 1.807) is 13.8 Å². The normalized spacial score (nSPS) is 16.2. The highest BCUT2D eigenvalue weighted by atomic mass is 16.6. The van der Waals surface area contributed by atoms with E-state index in [-0.39, 0.29) is 23.4 Å². The lowest BCUT2D eigenvalue weighted by atomic mass is 10.0. The van der Waals surface area contributed by atoms with Crippen molar-refractivity contribution in [3.05, 3.63) is 51.2 Å². The molecule has 0 bridgehead atoms. The van der Waals surface area contributed by atoms with Crippen molar-refractivity contribution in [2.75, 3.05) is 13.2 Å². The average molecular weight is 377 g/mol.